The van der Waals surface area contributed by atoms with Crippen molar-refractivity contribution in [2.24, 2.45) is 5.73 Å². The predicted octanol–water partition coefficient (Wildman–Crippen LogP) is 5.35. The first-order valence-corrected chi connectivity index (χ1v) is 10.0. The van der Waals surface area contributed by atoms with Gasteiger partial charge in [-0.05, 0) is 52.2 Å². The lowest BCUT2D eigenvalue weighted by molar-refractivity contribution is 0.399. The fourth-order valence-electron chi connectivity index (χ4n) is 2.06. The van der Waals surface area contributed by atoms with Crippen LogP contribution in [0.1, 0.15) is 34.1 Å². The van der Waals surface area contributed by atoms with Crippen molar-refractivity contribution in [2.75, 3.05) is 12.4 Å². The monoisotopic (exact) mass is 428 g/mol. The van der Waals surface area contributed by atoms with Gasteiger partial charge >= 0.3 is 0 Å². The molecule has 0 fully saturated rings. The highest BCUT2D eigenvalue weighted by atomic mass is 79.9. The predicted molar refractivity (Wildman–Crippen MR) is 114 cm³/mol. The van der Waals surface area contributed by atoms with E-state index in [1.54, 1.807) is 23.9 Å². The first kappa shape index (κ1) is 23.6. The Hall–Kier alpha value is -1.37. The van der Waals surface area contributed by atoms with Crippen molar-refractivity contribution < 1.29 is 10.2 Å². The molecule has 1 atom stereocenters. The van der Waals surface area contributed by atoms with E-state index in [1.165, 1.54) is 5.57 Å². The van der Waals surface area contributed by atoms with Crippen molar-refractivity contribution in [3.8, 4) is 5.75 Å². The first-order valence-electron chi connectivity index (χ1n) is 8.36. The standard InChI is InChI=1S/C14H13BrN2OS.2C2H6.CH4O/c15-10-4-1-8(2-5-11(10)16)14-17-12-6-3-9(18)7-13(12)19-14;3*1-2/h2-7,14,17-18H,1,16H2;2*1-2H3;2H,1H3. The van der Waals surface area contributed by atoms with Gasteiger partial charge in [-0.3, -0.25) is 0 Å². The van der Waals surface area contributed by atoms with Crippen molar-refractivity contribution in [3.05, 3.63) is 52.2 Å². The number of aliphatic hydroxyl groups is 1. The molecule has 0 radical (unpaired) electrons. The van der Waals surface area contributed by atoms with Gasteiger partial charge in [0.2, 0.25) is 0 Å². The lowest BCUT2D eigenvalue weighted by Crippen LogP contribution is -2.12. The number of anilines is 1. The van der Waals surface area contributed by atoms with E-state index < -0.39 is 0 Å². The molecular formula is C19H29BrN2O2S. The van der Waals surface area contributed by atoms with Crippen LogP contribution in [0.25, 0.3) is 0 Å². The normalized spacial score (nSPS) is 17.2. The number of allylic oxidation sites excluding steroid dienone is 4. The summed E-state index contributed by atoms with van der Waals surface area (Å²) in [6.07, 6.45) is 6.91. The topological polar surface area (TPSA) is 78.5 Å². The summed E-state index contributed by atoms with van der Waals surface area (Å²) in [7, 11) is 1.00. The summed E-state index contributed by atoms with van der Waals surface area (Å²) in [4.78, 5) is 1.08. The van der Waals surface area contributed by atoms with E-state index in [-0.39, 0.29) is 5.37 Å². The second-order valence-corrected chi connectivity index (χ2v) is 6.44. The van der Waals surface area contributed by atoms with Gasteiger partial charge in [-0.15, -0.1) is 0 Å². The number of rotatable bonds is 1. The van der Waals surface area contributed by atoms with E-state index in [0.29, 0.717) is 5.75 Å². The number of nitrogens with one attached hydrogen (secondary N) is 1. The third-order valence-corrected chi connectivity index (χ3v) is 5.13. The van der Waals surface area contributed by atoms with Gasteiger partial charge in [0.15, 0.2) is 0 Å². The smallest absolute Gasteiger partial charge is 0.116 e. The first-order chi connectivity index (χ1) is 12.1. The SMILES string of the molecule is CC.CC.CO.NC1=CC=C(C2Nc3ccc(O)cc3S2)CC=C1Br. The molecule has 140 valence electrons. The maximum Gasteiger partial charge on any atom is 0.116 e. The van der Waals surface area contributed by atoms with E-state index in [2.05, 4.69) is 33.4 Å². The van der Waals surface area contributed by atoms with Crippen LogP contribution in [0.3, 0.4) is 0 Å². The van der Waals surface area contributed by atoms with E-state index >= 15 is 0 Å². The Morgan fingerprint density at radius 1 is 1.16 bits per heavy atom. The number of halogens is 1. The molecule has 1 unspecified atom stereocenters. The number of aromatic hydroxyl groups is 1. The molecule has 0 amide bonds. The van der Waals surface area contributed by atoms with Crippen LogP contribution in [-0.2, 0) is 0 Å². The molecule has 1 aromatic rings. The minimum Gasteiger partial charge on any atom is -0.508 e. The van der Waals surface area contributed by atoms with Gasteiger partial charge in [-0.1, -0.05) is 51.6 Å². The van der Waals surface area contributed by atoms with E-state index in [1.807, 2.05) is 39.8 Å². The highest BCUT2D eigenvalue weighted by Crippen LogP contribution is 2.43. The number of hydrogen-bond donors (Lipinski definition) is 4. The van der Waals surface area contributed by atoms with Gasteiger partial charge in [0.25, 0.3) is 0 Å². The Labute approximate surface area is 164 Å². The zero-order valence-corrected chi connectivity index (χ0v) is 17.9. The Morgan fingerprint density at radius 3 is 2.44 bits per heavy atom. The molecule has 0 bridgehead atoms. The minimum atomic E-state index is 0.190. The average Bonchev–Trinajstić information content (AvgIpc) is 3.01. The molecule has 1 aromatic carbocycles. The summed E-state index contributed by atoms with van der Waals surface area (Å²) in [6, 6.07) is 5.40. The molecule has 0 spiro atoms. The number of hydrogen-bond acceptors (Lipinski definition) is 5. The lowest BCUT2D eigenvalue weighted by atomic mass is 10.1. The molecule has 3 rings (SSSR count). The van der Waals surface area contributed by atoms with Gasteiger partial charge in [0.1, 0.15) is 5.75 Å². The molecule has 1 aliphatic carbocycles. The van der Waals surface area contributed by atoms with Gasteiger partial charge in [-0.2, -0.15) is 0 Å². The maximum atomic E-state index is 9.51. The number of fused-ring (bicyclic) bond motifs is 1. The molecule has 0 aromatic heterocycles. The van der Waals surface area contributed by atoms with E-state index in [9.17, 15) is 5.11 Å². The molecule has 6 heteroatoms. The number of phenols is 1. The van der Waals surface area contributed by atoms with Gasteiger partial charge in [0, 0.05) is 27.9 Å². The van der Waals surface area contributed by atoms with Crippen LogP contribution in [-0.4, -0.2) is 22.7 Å². The summed E-state index contributed by atoms with van der Waals surface area (Å²) < 4.78 is 0.942. The number of nitrogens with two attached hydrogens (primary N) is 1. The fraction of sp³-hybridized carbons (Fsp3) is 0.368. The molecule has 1 aliphatic heterocycles. The Morgan fingerprint density at radius 2 is 1.80 bits per heavy atom. The fourth-order valence-corrected chi connectivity index (χ4v) is 3.56. The van der Waals surface area contributed by atoms with Crippen LogP contribution in [0.4, 0.5) is 5.69 Å². The van der Waals surface area contributed by atoms with E-state index in [0.717, 1.165) is 34.3 Å². The molecule has 4 nitrogen and oxygen atoms in total. The zero-order chi connectivity index (χ0) is 19.4. The van der Waals surface area contributed by atoms with Crippen LogP contribution >= 0.6 is 27.7 Å². The Kier molecular flexibility index (Phi) is 12.2. The molecule has 1 heterocycles. The quantitative estimate of drug-likeness (QED) is 0.453. The summed E-state index contributed by atoms with van der Waals surface area (Å²) in [5.74, 6) is 0.301. The molecular weight excluding hydrogens is 400 g/mol. The summed E-state index contributed by atoms with van der Waals surface area (Å²) in [5.41, 5.74) is 8.96. The highest BCUT2D eigenvalue weighted by Gasteiger charge is 2.24. The van der Waals surface area contributed by atoms with Crippen molar-refractivity contribution >= 4 is 33.4 Å². The number of benzene rings is 1. The zero-order valence-electron chi connectivity index (χ0n) is 15.5. The third kappa shape index (κ3) is 6.80. The Bertz CT molecular complexity index is 628. The van der Waals surface area contributed by atoms with Crippen molar-refractivity contribution in [3.63, 3.8) is 0 Å². The van der Waals surface area contributed by atoms with Crippen molar-refractivity contribution in [1.82, 2.24) is 0 Å². The third-order valence-electron chi connectivity index (χ3n) is 3.10. The van der Waals surface area contributed by atoms with Crippen LogP contribution < -0.4 is 11.1 Å². The molecule has 2 aliphatic rings. The second-order valence-electron chi connectivity index (χ2n) is 4.44. The highest BCUT2D eigenvalue weighted by molar-refractivity contribution is 9.12. The maximum absolute atomic E-state index is 9.51. The van der Waals surface area contributed by atoms with Crippen LogP contribution in [0.5, 0.6) is 5.75 Å². The van der Waals surface area contributed by atoms with Gasteiger partial charge in [0.05, 0.1) is 5.37 Å². The van der Waals surface area contributed by atoms with Crippen molar-refractivity contribution in [2.45, 2.75) is 44.4 Å². The van der Waals surface area contributed by atoms with Gasteiger partial charge < -0.3 is 21.3 Å². The van der Waals surface area contributed by atoms with Crippen LogP contribution in [0, 0.1) is 0 Å². The van der Waals surface area contributed by atoms with E-state index in [4.69, 9.17) is 10.8 Å². The molecule has 5 N–H and O–H groups in total. The number of phenolic OH excluding ortho intramolecular Hbond substituents is 1. The summed E-state index contributed by atoms with van der Waals surface area (Å²) in [5, 5.41) is 20.2. The largest absolute Gasteiger partial charge is 0.508 e. The minimum absolute atomic E-state index is 0.190. The van der Waals surface area contributed by atoms with Crippen LogP contribution in [0.2, 0.25) is 0 Å². The molecule has 0 saturated heterocycles. The number of aliphatic hydroxyl groups excluding tert-OH is 1. The number of thioether (sulfide) groups is 1. The lowest BCUT2D eigenvalue weighted by Gasteiger charge is -2.12. The summed E-state index contributed by atoms with van der Waals surface area (Å²) in [6.45, 7) is 8.00. The summed E-state index contributed by atoms with van der Waals surface area (Å²) >= 11 is 5.17. The van der Waals surface area contributed by atoms with Crippen molar-refractivity contribution in [1.29, 1.82) is 0 Å². The second kappa shape index (κ2) is 12.9. The molecule has 25 heavy (non-hydrogen) atoms. The van der Waals surface area contributed by atoms with Gasteiger partial charge in [-0.25, -0.2) is 0 Å². The van der Waals surface area contributed by atoms with Crippen LogP contribution in [0.15, 0.2) is 57.1 Å². The average molecular weight is 429 g/mol. The molecule has 0 saturated carbocycles. The Balaban J connectivity index is 0.000000871.